The molecule has 3 aromatic carbocycles. The van der Waals surface area contributed by atoms with Crippen molar-refractivity contribution in [1.29, 1.82) is 0 Å². The Balaban J connectivity index is 1.90. The van der Waals surface area contributed by atoms with Gasteiger partial charge in [-0.1, -0.05) is 93.6 Å². The number of hydrogen-bond donors (Lipinski definition) is 0. The van der Waals surface area contributed by atoms with Crippen LogP contribution in [0, 0.1) is 5.41 Å². The third kappa shape index (κ3) is 5.32. The van der Waals surface area contributed by atoms with Crippen LogP contribution in [0.1, 0.15) is 43.4 Å². The van der Waals surface area contributed by atoms with Gasteiger partial charge in [0.25, 0.3) is 0 Å². The third-order valence-corrected chi connectivity index (χ3v) is 6.57. The number of rotatable bonds is 6. The van der Waals surface area contributed by atoms with Crippen LogP contribution in [-0.4, -0.2) is 14.2 Å². The minimum atomic E-state index is -3.42. The first-order valence-corrected chi connectivity index (χ1v) is 11.3. The fraction of sp³-hybridized carbons (Fsp3) is 0.280. The van der Waals surface area contributed by atoms with Gasteiger partial charge in [0.05, 0.1) is 10.6 Å². The summed E-state index contributed by atoms with van der Waals surface area (Å²) in [6.45, 7) is 6.55. The topological polar surface area (TPSA) is 34.1 Å². The van der Waals surface area contributed by atoms with Gasteiger partial charge in [-0.2, -0.15) is 0 Å². The molecule has 0 saturated heterocycles. The van der Waals surface area contributed by atoms with E-state index in [-0.39, 0.29) is 17.1 Å². The Hall–Kier alpha value is -2.39. The van der Waals surface area contributed by atoms with Gasteiger partial charge in [0.1, 0.15) is 0 Å². The normalized spacial score (nSPS) is 12.3. The Labute approximate surface area is 169 Å². The number of sulfone groups is 1. The summed E-state index contributed by atoms with van der Waals surface area (Å²) in [6.07, 6.45) is 0.921. The molecule has 0 heterocycles. The van der Waals surface area contributed by atoms with E-state index in [0.29, 0.717) is 4.90 Å². The first kappa shape index (κ1) is 20.3. The second kappa shape index (κ2) is 8.32. The molecule has 0 bridgehead atoms. The predicted molar refractivity (Wildman–Crippen MR) is 116 cm³/mol. The summed E-state index contributed by atoms with van der Waals surface area (Å²) >= 11 is 0. The van der Waals surface area contributed by atoms with E-state index in [0.717, 1.165) is 23.1 Å². The van der Waals surface area contributed by atoms with Gasteiger partial charge in [-0.25, -0.2) is 8.42 Å². The van der Waals surface area contributed by atoms with Crippen LogP contribution >= 0.6 is 0 Å². The maximum absolute atomic E-state index is 13.2. The van der Waals surface area contributed by atoms with E-state index in [1.165, 1.54) is 0 Å². The lowest BCUT2D eigenvalue weighted by Gasteiger charge is -2.19. The monoisotopic (exact) mass is 392 g/mol. The van der Waals surface area contributed by atoms with Crippen LogP contribution in [0.15, 0.2) is 89.8 Å². The van der Waals surface area contributed by atoms with E-state index in [9.17, 15) is 8.42 Å². The van der Waals surface area contributed by atoms with E-state index < -0.39 is 9.84 Å². The van der Waals surface area contributed by atoms with E-state index in [2.05, 4.69) is 20.8 Å². The zero-order valence-corrected chi connectivity index (χ0v) is 17.6. The lowest BCUT2D eigenvalue weighted by atomic mass is 9.88. The second-order valence-electron chi connectivity index (χ2n) is 8.54. The molecular weight excluding hydrogens is 364 g/mol. The standard InChI is InChI=1S/C25H28O2S/c1-25(2,3)18-20-14-16-23(17-15-20)28(26,27)19-24(21-10-6-4-7-11-21)22-12-8-5-9-13-22/h4-17,24H,18-19H2,1-3H3. The van der Waals surface area contributed by atoms with Crippen molar-refractivity contribution in [2.45, 2.75) is 38.0 Å². The van der Waals surface area contributed by atoms with Gasteiger partial charge in [-0.15, -0.1) is 0 Å². The highest BCUT2D eigenvalue weighted by molar-refractivity contribution is 7.91. The van der Waals surface area contributed by atoms with Gasteiger partial charge >= 0.3 is 0 Å². The molecule has 0 aliphatic heterocycles. The Morgan fingerprint density at radius 3 is 1.61 bits per heavy atom. The molecule has 3 rings (SSSR count). The summed E-state index contributed by atoms with van der Waals surface area (Å²) in [5.41, 5.74) is 3.36. The lowest BCUT2D eigenvalue weighted by Crippen LogP contribution is -2.16. The molecule has 28 heavy (non-hydrogen) atoms. The number of benzene rings is 3. The molecule has 0 aliphatic rings. The van der Waals surface area contributed by atoms with Crippen LogP contribution in [0.25, 0.3) is 0 Å². The molecule has 0 saturated carbocycles. The first-order valence-electron chi connectivity index (χ1n) is 9.66. The Kier molecular flexibility index (Phi) is 6.04. The molecule has 0 spiro atoms. The minimum Gasteiger partial charge on any atom is -0.224 e. The molecule has 3 heteroatoms. The zero-order chi connectivity index (χ0) is 20.2. The fourth-order valence-electron chi connectivity index (χ4n) is 3.50. The van der Waals surface area contributed by atoms with Gasteiger partial charge in [0.2, 0.25) is 0 Å². The molecule has 146 valence electrons. The van der Waals surface area contributed by atoms with Gasteiger partial charge in [-0.05, 0) is 40.7 Å². The van der Waals surface area contributed by atoms with E-state index in [1.807, 2.05) is 72.8 Å². The second-order valence-corrected chi connectivity index (χ2v) is 10.6. The van der Waals surface area contributed by atoms with Crippen LogP contribution in [0.2, 0.25) is 0 Å². The SMILES string of the molecule is CC(C)(C)Cc1ccc(S(=O)(=O)CC(c2ccccc2)c2ccccc2)cc1. The molecule has 0 N–H and O–H groups in total. The quantitative estimate of drug-likeness (QED) is 0.525. The summed E-state index contributed by atoms with van der Waals surface area (Å²) in [5.74, 6) is -0.138. The largest absolute Gasteiger partial charge is 0.224 e. The summed E-state index contributed by atoms with van der Waals surface area (Å²) in [6, 6.07) is 27.1. The summed E-state index contributed by atoms with van der Waals surface area (Å²) < 4.78 is 26.4. The molecule has 0 aliphatic carbocycles. The molecule has 0 atom stereocenters. The van der Waals surface area contributed by atoms with Crippen molar-refractivity contribution < 1.29 is 8.42 Å². The molecule has 0 unspecified atom stereocenters. The van der Waals surface area contributed by atoms with Crippen molar-refractivity contribution in [3.8, 4) is 0 Å². The van der Waals surface area contributed by atoms with Crippen LogP contribution in [-0.2, 0) is 16.3 Å². The summed E-state index contributed by atoms with van der Waals surface area (Å²) in [5, 5.41) is 0. The van der Waals surface area contributed by atoms with Crippen LogP contribution in [0.4, 0.5) is 0 Å². The molecular formula is C25H28O2S. The molecule has 0 fully saturated rings. The molecule has 3 aromatic rings. The van der Waals surface area contributed by atoms with Crippen molar-refractivity contribution in [3.05, 3.63) is 102 Å². The van der Waals surface area contributed by atoms with E-state index >= 15 is 0 Å². The smallest absolute Gasteiger partial charge is 0.179 e. The van der Waals surface area contributed by atoms with Crippen molar-refractivity contribution in [3.63, 3.8) is 0 Å². The highest BCUT2D eigenvalue weighted by Gasteiger charge is 2.24. The highest BCUT2D eigenvalue weighted by atomic mass is 32.2. The van der Waals surface area contributed by atoms with Crippen molar-refractivity contribution >= 4 is 9.84 Å². The fourth-order valence-corrected chi connectivity index (χ4v) is 5.07. The van der Waals surface area contributed by atoms with Crippen LogP contribution in [0.5, 0.6) is 0 Å². The third-order valence-electron chi connectivity index (χ3n) is 4.81. The predicted octanol–water partition coefficient (Wildman–Crippen LogP) is 5.88. The summed E-state index contributed by atoms with van der Waals surface area (Å²) in [4.78, 5) is 0.391. The first-order chi connectivity index (χ1) is 13.2. The minimum absolute atomic E-state index is 0.0552. The van der Waals surface area contributed by atoms with E-state index in [1.54, 1.807) is 12.1 Å². The van der Waals surface area contributed by atoms with Gasteiger partial charge in [-0.3, -0.25) is 0 Å². The zero-order valence-electron chi connectivity index (χ0n) is 16.8. The van der Waals surface area contributed by atoms with Crippen molar-refractivity contribution in [1.82, 2.24) is 0 Å². The lowest BCUT2D eigenvalue weighted by molar-refractivity contribution is 0.411. The van der Waals surface area contributed by atoms with E-state index in [4.69, 9.17) is 0 Å². The maximum atomic E-state index is 13.2. The molecule has 0 aromatic heterocycles. The molecule has 0 amide bonds. The average Bonchev–Trinajstić information content (AvgIpc) is 2.67. The number of hydrogen-bond acceptors (Lipinski definition) is 2. The van der Waals surface area contributed by atoms with Crippen molar-refractivity contribution in [2.75, 3.05) is 5.75 Å². The van der Waals surface area contributed by atoms with Gasteiger partial charge < -0.3 is 0 Å². The summed E-state index contributed by atoms with van der Waals surface area (Å²) in [7, 11) is -3.42. The highest BCUT2D eigenvalue weighted by Crippen LogP contribution is 2.29. The molecule has 2 nitrogen and oxygen atoms in total. The molecule has 0 radical (unpaired) electrons. The van der Waals surface area contributed by atoms with Crippen molar-refractivity contribution in [2.24, 2.45) is 5.41 Å². The maximum Gasteiger partial charge on any atom is 0.179 e. The Bertz CT molecular complexity index is 944. The Morgan fingerprint density at radius 1 is 0.714 bits per heavy atom. The average molecular weight is 393 g/mol. The van der Waals surface area contributed by atoms with Crippen LogP contribution in [0.3, 0.4) is 0 Å². The van der Waals surface area contributed by atoms with Gasteiger partial charge in [0.15, 0.2) is 9.84 Å². The van der Waals surface area contributed by atoms with Gasteiger partial charge in [0, 0.05) is 5.92 Å². The Morgan fingerprint density at radius 2 is 1.18 bits per heavy atom. The van der Waals surface area contributed by atoms with Crippen LogP contribution < -0.4 is 0 Å².